The Balaban J connectivity index is 2.65. The average Bonchev–Trinajstić information content (AvgIpc) is 2.64. The number of hydrogen-bond acceptors (Lipinski definition) is 3. The van der Waals surface area contributed by atoms with Crippen LogP contribution in [0.25, 0.3) is 0 Å². The molecule has 0 aromatic carbocycles. The van der Waals surface area contributed by atoms with Crippen molar-refractivity contribution >= 4 is 22.9 Å². The van der Waals surface area contributed by atoms with E-state index in [4.69, 9.17) is 16.3 Å². The molecule has 0 saturated carbocycles. The topological polar surface area (TPSA) is 29.5 Å². The Morgan fingerprint density at radius 2 is 2.19 bits per heavy atom. The van der Waals surface area contributed by atoms with E-state index in [0.717, 1.165) is 15.6 Å². The molecule has 0 aliphatic heterocycles. The zero-order valence-electron chi connectivity index (χ0n) is 10.00. The van der Waals surface area contributed by atoms with E-state index in [9.17, 15) is 5.11 Å². The van der Waals surface area contributed by atoms with Crippen LogP contribution in [0.4, 0.5) is 0 Å². The van der Waals surface area contributed by atoms with Crippen LogP contribution in [0.15, 0.2) is 12.1 Å². The van der Waals surface area contributed by atoms with Crippen molar-refractivity contribution in [1.82, 2.24) is 0 Å². The Hall–Kier alpha value is -0.0900. The van der Waals surface area contributed by atoms with E-state index in [0.29, 0.717) is 13.0 Å². The Morgan fingerprint density at radius 3 is 2.62 bits per heavy atom. The van der Waals surface area contributed by atoms with Gasteiger partial charge in [0.15, 0.2) is 0 Å². The summed E-state index contributed by atoms with van der Waals surface area (Å²) in [5.41, 5.74) is -0.467. The van der Waals surface area contributed by atoms with Crippen LogP contribution in [0.2, 0.25) is 4.34 Å². The van der Waals surface area contributed by atoms with Gasteiger partial charge in [-0.3, -0.25) is 0 Å². The molecule has 2 unspecified atom stereocenters. The van der Waals surface area contributed by atoms with Gasteiger partial charge in [0.05, 0.1) is 16.0 Å². The smallest absolute Gasteiger partial charge is 0.0931 e. The fourth-order valence-corrected chi connectivity index (χ4v) is 2.76. The van der Waals surface area contributed by atoms with Gasteiger partial charge < -0.3 is 9.84 Å². The van der Waals surface area contributed by atoms with E-state index < -0.39 is 11.7 Å². The summed E-state index contributed by atoms with van der Waals surface area (Å²) >= 11 is 7.37. The van der Waals surface area contributed by atoms with E-state index in [1.807, 2.05) is 32.9 Å². The molecule has 92 valence electrons. The van der Waals surface area contributed by atoms with Gasteiger partial charge in [-0.2, -0.15) is 0 Å². The van der Waals surface area contributed by atoms with Crippen molar-refractivity contribution in [2.24, 2.45) is 0 Å². The van der Waals surface area contributed by atoms with Gasteiger partial charge in [0.1, 0.15) is 0 Å². The molecule has 1 N–H and O–H groups in total. The maximum absolute atomic E-state index is 10.2. The summed E-state index contributed by atoms with van der Waals surface area (Å²) in [6, 6.07) is 3.82. The van der Waals surface area contributed by atoms with Crippen LogP contribution < -0.4 is 0 Å². The molecule has 0 radical (unpaired) electrons. The van der Waals surface area contributed by atoms with Crippen molar-refractivity contribution in [2.75, 3.05) is 6.61 Å². The molecule has 0 amide bonds. The highest BCUT2D eigenvalue weighted by atomic mass is 35.5. The van der Waals surface area contributed by atoms with Crippen LogP contribution in [0.3, 0.4) is 0 Å². The number of aliphatic hydroxyl groups is 1. The van der Waals surface area contributed by atoms with Gasteiger partial charge >= 0.3 is 0 Å². The quantitative estimate of drug-likeness (QED) is 0.850. The summed E-state index contributed by atoms with van der Waals surface area (Å²) in [7, 11) is 0. The normalized spacial score (nSPS) is 17.1. The van der Waals surface area contributed by atoms with Gasteiger partial charge in [0.25, 0.3) is 0 Å². The summed E-state index contributed by atoms with van der Waals surface area (Å²) < 4.78 is 6.40. The van der Waals surface area contributed by atoms with E-state index in [-0.39, 0.29) is 0 Å². The zero-order valence-corrected chi connectivity index (χ0v) is 11.6. The molecule has 0 aliphatic rings. The first-order valence-electron chi connectivity index (χ1n) is 5.58. The zero-order chi connectivity index (χ0) is 12.2. The fourth-order valence-electron chi connectivity index (χ4n) is 1.63. The molecule has 0 bridgehead atoms. The van der Waals surface area contributed by atoms with Crippen LogP contribution in [-0.2, 0) is 11.2 Å². The maximum Gasteiger partial charge on any atom is 0.0931 e. The lowest BCUT2D eigenvalue weighted by Gasteiger charge is -2.33. The molecule has 1 aromatic heterocycles. The molecule has 1 aromatic rings. The first-order valence-corrected chi connectivity index (χ1v) is 6.77. The molecule has 0 fully saturated rings. The monoisotopic (exact) mass is 262 g/mol. The number of aliphatic hydroxyl groups excluding tert-OH is 1. The molecule has 4 heteroatoms. The predicted molar refractivity (Wildman–Crippen MR) is 69.4 cm³/mol. The van der Waals surface area contributed by atoms with E-state index in [2.05, 4.69) is 0 Å². The van der Waals surface area contributed by atoms with Gasteiger partial charge in [-0.05, 0) is 32.4 Å². The van der Waals surface area contributed by atoms with Gasteiger partial charge in [0.2, 0.25) is 0 Å². The highest BCUT2D eigenvalue weighted by molar-refractivity contribution is 7.16. The van der Waals surface area contributed by atoms with Crippen molar-refractivity contribution in [3.63, 3.8) is 0 Å². The van der Waals surface area contributed by atoms with Crippen LogP contribution in [0.5, 0.6) is 0 Å². The summed E-state index contributed by atoms with van der Waals surface area (Å²) in [6.45, 7) is 6.55. The van der Waals surface area contributed by atoms with Crippen molar-refractivity contribution in [3.8, 4) is 0 Å². The minimum absolute atomic E-state index is 0.467. The standard InChI is InChI=1S/C12H19ClO2S/c1-4-12(3,15-5-2)10(14)8-9-6-7-11(13)16-9/h6-7,10,14H,4-5,8H2,1-3H3. The summed E-state index contributed by atoms with van der Waals surface area (Å²) in [5, 5.41) is 10.2. The lowest BCUT2D eigenvalue weighted by atomic mass is 9.93. The number of halogens is 1. The average molecular weight is 263 g/mol. The SMILES string of the molecule is CCOC(C)(CC)C(O)Cc1ccc(Cl)s1. The van der Waals surface area contributed by atoms with E-state index in [1.165, 1.54) is 11.3 Å². The Bertz CT molecular complexity index is 327. The van der Waals surface area contributed by atoms with Gasteiger partial charge in [0, 0.05) is 17.9 Å². The lowest BCUT2D eigenvalue weighted by Crippen LogP contribution is -2.42. The minimum Gasteiger partial charge on any atom is -0.390 e. The highest BCUT2D eigenvalue weighted by Crippen LogP contribution is 2.27. The van der Waals surface area contributed by atoms with Gasteiger partial charge in [-0.15, -0.1) is 11.3 Å². The first kappa shape index (κ1) is 14.0. The van der Waals surface area contributed by atoms with Crippen molar-refractivity contribution in [1.29, 1.82) is 0 Å². The number of ether oxygens (including phenoxy) is 1. The largest absolute Gasteiger partial charge is 0.390 e. The van der Waals surface area contributed by atoms with Crippen molar-refractivity contribution in [3.05, 3.63) is 21.3 Å². The van der Waals surface area contributed by atoms with E-state index in [1.54, 1.807) is 0 Å². The van der Waals surface area contributed by atoms with Gasteiger partial charge in [-0.1, -0.05) is 18.5 Å². The second-order valence-corrected chi connectivity index (χ2v) is 5.82. The Kier molecular flexibility index (Phi) is 5.25. The summed E-state index contributed by atoms with van der Waals surface area (Å²) in [6.07, 6.45) is 0.898. The molecule has 1 heterocycles. The molecule has 2 nitrogen and oxygen atoms in total. The van der Waals surface area contributed by atoms with Crippen LogP contribution in [0.1, 0.15) is 32.1 Å². The number of thiophene rings is 1. The molecular weight excluding hydrogens is 244 g/mol. The molecule has 0 saturated heterocycles. The molecule has 16 heavy (non-hydrogen) atoms. The summed E-state index contributed by atoms with van der Waals surface area (Å²) in [4.78, 5) is 1.09. The maximum atomic E-state index is 10.2. The fraction of sp³-hybridized carbons (Fsp3) is 0.667. The third kappa shape index (κ3) is 3.45. The third-order valence-corrected chi connectivity index (χ3v) is 4.16. The van der Waals surface area contributed by atoms with Crippen LogP contribution >= 0.6 is 22.9 Å². The lowest BCUT2D eigenvalue weighted by molar-refractivity contribution is -0.109. The molecule has 0 spiro atoms. The molecule has 2 atom stereocenters. The Morgan fingerprint density at radius 1 is 1.50 bits per heavy atom. The molecular formula is C12H19ClO2S. The third-order valence-electron chi connectivity index (χ3n) is 2.90. The van der Waals surface area contributed by atoms with Crippen molar-refractivity contribution < 1.29 is 9.84 Å². The Labute approximate surface area is 106 Å². The second-order valence-electron chi connectivity index (χ2n) is 4.02. The second kappa shape index (κ2) is 6.01. The predicted octanol–water partition coefficient (Wildman–Crippen LogP) is 3.51. The first-order chi connectivity index (χ1) is 7.51. The highest BCUT2D eigenvalue weighted by Gasteiger charge is 2.32. The minimum atomic E-state index is -0.493. The van der Waals surface area contributed by atoms with E-state index >= 15 is 0 Å². The summed E-state index contributed by atoms with van der Waals surface area (Å²) in [5.74, 6) is 0. The van der Waals surface area contributed by atoms with Crippen LogP contribution in [-0.4, -0.2) is 23.4 Å². The number of rotatable bonds is 6. The molecule has 0 aliphatic carbocycles. The number of hydrogen-bond donors (Lipinski definition) is 1. The van der Waals surface area contributed by atoms with Gasteiger partial charge in [-0.25, -0.2) is 0 Å². The van der Waals surface area contributed by atoms with Crippen LogP contribution in [0, 0.1) is 0 Å². The molecule has 1 rings (SSSR count). The van der Waals surface area contributed by atoms with Crippen molar-refractivity contribution in [2.45, 2.75) is 45.3 Å².